The zero-order valence-electron chi connectivity index (χ0n) is 10.2. The van der Waals surface area contributed by atoms with Crippen LogP contribution in [0.2, 0.25) is 0 Å². The van der Waals surface area contributed by atoms with Gasteiger partial charge in [-0.15, -0.1) is 0 Å². The van der Waals surface area contributed by atoms with Crippen LogP contribution in [0.3, 0.4) is 0 Å². The van der Waals surface area contributed by atoms with E-state index in [1.807, 2.05) is 24.3 Å². The van der Waals surface area contributed by atoms with Gasteiger partial charge in [0.1, 0.15) is 17.4 Å². The lowest BCUT2D eigenvalue weighted by atomic mass is 10.1. The number of fused-ring (bicyclic) bond motifs is 1. The molecule has 0 saturated heterocycles. The molecule has 0 saturated carbocycles. The highest BCUT2D eigenvalue weighted by Gasteiger charge is 2.07. The average Bonchev–Trinajstić information content (AvgIpc) is 2.80. The summed E-state index contributed by atoms with van der Waals surface area (Å²) in [6, 6.07) is 10.9. The number of H-pyrrole nitrogens is 1. The number of nitrogens with one attached hydrogen (secondary N) is 1. The summed E-state index contributed by atoms with van der Waals surface area (Å²) in [6.45, 7) is 0. The van der Waals surface area contributed by atoms with Gasteiger partial charge in [-0.2, -0.15) is 0 Å². The van der Waals surface area contributed by atoms with E-state index in [9.17, 15) is 8.78 Å². The molecule has 0 amide bonds. The summed E-state index contributed by atoms with van der Waals surface area (Å²) in [6.07, 6.45) is 0. The molecular weight excluding hydrogens is 248 g/mol. The first-order valence-corrected chi connectivity index (χ1v) is 5.79. The third-order valence-electron chi connectivity index (χ3n) is 3.00. The Morgan fingerprint density at radius 1 is 0.947 bits per heavy atom. The molecule has 19 heavy (non-hydrogen) atoms. The molecule has 1 aromatic heterocycles. The summed E-state index contributed by atoms with van der Waals surface area (Å²) in [5, 5.41) is 0.930. The number of rotatable bonds is 2. The largest absolute Gasteiger partial charge is 0.497 e. The number of aromatic amines is 1. The van der Waals surface area contributed by atoms with Crippen LogP contribution < -0.4 is 4.74 Å². The maximum absolute atomic E-state index is 13.2. The van der Waals surface area contributed by atoms with Crippen LogP contribution in [0.25, 0.3) is 22.2 Å². The Bertz CT molecular complexity index is 729. The minimum Gasteiger partial charge on any atom is -0.497 e. The topological polar surface area (TPSA) is 25.0 Å². The summed E-state index contributed by atoms with van der Waals surface area (Å²) in [5.74, 6) is -0.444. The molecule has 96 valence electrons. The zero-order chi connectivity index (χ0) is 13.4. The Hall–Kier alpha value is -2.36. The Labute approximate surface area is 108 Å². The number of methoxy groups -OCH3 is 1. The van der Waals surface area contributed by atoms with Crippen LogP contribution in [-0.2, 0) is 0 Å². The number of hydrogen-bond acceptors (Lipinski definition) is 1. The fraction of sp³-hybridized carbons (Fsp3) is 0.0667. The molecule has 0 fully saturated rings. The minimum absolute atomic E-state index is 0.479. The SMILES string of the molecule is COc1ccc2[nH]c(-c3cc(F)cc(F)c3)cc2c1. The molecule has 2 aromatic carbocycles. The van der Waals surface area contributed by atoms with Crippen molar-refractivity contribution in [3.05, 3.63) is 54.1 Å². The molecule has 0 radical (unpaired) electrons. The van der Waals surface area contributed by atoms with Gasteiger partial charge in [0, 0.05) is 28.2 Å². The van der Waals surface area contributed by atoms with Crippen LogP contribution in [0.15, 0.2) is 42.5 Å². The van der Waals surface area contributed by atoms with Gasteiger partial charge in [-0.25, -0.2) is 8.78 Å². The first-order valence-electron chi connectivity index (χ1n) is 5.79. The first kappa shape index (κ1) is 11.7. The van der Waals surface area contributed by atoms with Crippen molar-refractivity contribution >= 4 is 10.9 Å². The van der Waals surface area contributed by atoms with Gasteiger partial charge in [-0.3, -0.25) is 0 Å². The molecule has 0 aliphatic rings. The quantitative estimate of drug-likeness (QED) is 0.735. The molecule has 0 aliphatic carbocycles. The van der Waals surface area contributed by atoms with Gasteiger partial charge < -0.3 is 9.72 Å². The van der Waals surface area contributed by atoms with Crippen molar-refractivity contribution in [3.8, 4) is 17.0 Å². The fourth-order valence-corrected chi connectivity index (χ4v) is 2.10. The Morgan fingerprint density at radius 3 is 2.37 bits per heavy atom. The van der Waals surface area contributed by atoms with Gasteiger partial charge in [0.15, 0.2) is 0 Å². The molecule has 3 rings (SSSR count). The predicted molar refractivity (Wildman–Crippen MR) is 70.2 cm³/mol. The maximum Gasteiger partial charge on any atom is 0.126 e. The van der Waals surface area contributed by atoms with Crippen molar-refractivity contribution in [2.45, 2.75) is 0 Å². The Morgan fingerprint density at radius 2 is 1.68 bits per heavy atom. The van der Waals surface area contributed by atoms with E-state index in [0.717, 1.165) is 22.7 Å². The monoisotopic (exact) mass is 259 g/mol. The smallest absolute Gasteiger partial charge is 0.126 e. The molecule has 1 N–H and O–H groups in total. The van der Waals surface area contributed by atoms with Crippen LogP contribution in [0.5, 0.6) is 5.75 Å². The van der Waals surface area contributed by atoms with Crippen molar-refractivity contribution in [1.29, 1.82) is 0 Å². The number of halogens is 2. The Kier molecular flexibility index (Phi) is 2.71. The number of hydrogen-bond donors (Lipinski definition) is 1. The summed E-state index contributed by atoms with van der Waals surface area (Å²) in [4.78, 5) is 3.13. The predicted octanol–water partition coefficient (Wildman–Crippen LogP) is 4.12. The highest BCUT2D eigenvalue weighted by atomic mass is 19.1. The molecule has 0 spiro atoms. The van der Waals surface area contributed by atoms with Gasteiger partial charge in [-0.1, -0.05) is 0 Å². The molecule has 0 unspecified atom stereocenters. The van der Waals surface area contributed by atoms with Gasteiger partial charge in [0.05, 0.1) is 7.11 Å². The standard InChI is InChI=1S/C15H11F2NO/c1-19-13-2-3-14-10(6-13)7-15(18-14)9-4-11(16)8-12(17)5-9/h2-8,18H,1H3. The second kappa shape index (κ2) is 4.39. The zero-order valence-corrected chi connectivity index (χ0v) is 10.2. The minimum atomic E-state index is -0.591. The van der Waals surface area contributed by atoms with E-state index in [2.05, 4.69) is 4.98 Å². The molecule has 0 atom stereocenters. The maximum atomic E-state index is 13.2. The van der Waals surface area contributed by atoms with Crippen molar-refractivity contribution in [2.24, 2.45) is 0 Å². The first-order chi connectivity index (χ1) is 9.15. The normalized spacial score (nSPS) is 10.9. The number of aromatic nitrogens is 1. The highest BCUT2D eigenvalue weighted by molar-refractivity contribution is 5.87. The van der Waals surface area contributed by atoms with E-state index >= 15 is 0 Å². The second-order valence-corrected chi connectivity index (χ2v) is 4.29. The van der Waals surface area contributed by atoms with Crippen LogP contribution >= 0.6 is 0 Å². The van der Waals surface area contributed by atoms with E-state index < -0.39 is 11.6 Å². The molecule has 3 aromatic rings. The van der Waals surface area contributed by atoms with Crippen LogP contribution in [0.1, 0.15) is 0 Å². The van der Waals surface area contributed by atoms with E-state index in [-0.39, 0.29) is 0 Å². The van der Waals surface area contributed by atoms with E-state index in [0.29, 0.717) is 11.3 Å². The number of ether oxygens (including phenoxy) is 1. The lowest BCUT2D eigenvalue weighted by molar-refractivity contribution is 0.415. The van der Waals surface area contributed by atoms with E-state index in [1.165, 1.54) is 12.1 Å². The fourth-order valence-electron chi connectivity index (χ4n) is 2.10. The van der Waals surface area contributed by atoms with Crippen molar-refractivity contribution in [1.82, 2.24) is 4.98 Å². The number of benzene rings is 2. The van der Waals surface area contributed by atoms with E-state index in [4.69, 9.17) is 4.74 Å². The van der Waals surface area contributed by atoms with Gasteiger partial charge in [0.25, 0.3) is 0 Å². The lowest BCUT2D eigenvalue weighted by Crippen LogP contribution is -1.83. The molecule has 0 aliphatic heterocycles. The van der Waals surface area contributed by atoms with Gasteiger partial charge >= 0.3 is 0 Å². The second-order valence-electron chi connectivity index (χ2n) is 4.29. The third-order valence-corrected chi connectivity index (χ3v) is 3.00. The molecular formula is C15H11F2NO. The van der Waals surface area contributed by atoms with Crippen molar-refractivity contribution in [3.63, 3.8) is 0 Å². The van der Waals surface area contributed by atoms with Crippen molar-refractivity contribution < 1.29 is 13.5 Å². The third kappa shape index (κ3) is 2.17. The van der Waals surface area contributed by atoms with Crippen LogP contribution in [0, 0.1) is 11.6 Å². The summed E-state index contributed by atoms with van der Waals surface area (Å²) in [5.41, 5.74) is 2.04. The van der Waals surface area contributed by atoms with E-state index in [1.54, 1.807) is 7.11 Å². The average molecular weight is 259 g/mol. The van der Waals surface area contributed by atoms with Crippen LogP contribution in [-0.4, -0.2) is 12.1 Å². The van der Waals surface area contributed by atoms with Gasteiger partial charge in [-0.05, 0) is 36.4 Å². The molecule has 4 heteroatoms. The molecule has 0 bridgehead atoms. The summed E-state index contributed by atoms with van der Waals surface area (Å²) >= 11 is 0. The van der Waals surface area contributed by atoms with Crippen molar-refractivity contribution in [2.75, 3.05) is 7.11 Å². The highest BCUT2D eigenvalue weighted by Crippen LogP contribution is 2.27. The van der Waals surface area contributed by atoms with Gasteiger partial charge in [0.2, 0.25) is 0 Å². The Balaban J connectivity index is 2.14. The lowest BCUT2D eigenvalue weighted by Gasteiger charge is -1.98. The molecule has 1 heterocycles. The van der Waals surface area contributed by atoms with Crippen LogP contribution in [0.4, 0.5) is 8.78 Å². The molecule has 2 nitrogen and oxygen atoms in total. The summed E-state index contributed by atoms with van der Waals surface area (Å²) in [7, 11) is 1.59. The summed E-state index contributed by atoms with van der Waals surface area (Å²) < 4.78 is 31.6.